The zero-order chi connectivity index (χ0) is 14.0. The minimum Gasteiger partial charge on any atom is -0.373 e. The standard InChI is InChI=1S/C13H18N4S2/c1-7(2)10-16-11(14-5)9(4)12(17-10)19-13-15-8(3)6-18-13/h6-7H,1-5H3,(H,14,16,17). The molecule has 2 aromatic rings. The molecule has 0 aliphatic heterocycles. The first-order valence-electron chi connectivity index (χ1n) is 6.17. The molecule has 0 aliphatic rings. The second-order valence-corrected chi connectivity index (χ2v) is 6.72. The van der Waals surface area contributed by atoms with E-state index in [-0.39, 0.29) is 0 Å². The van der Waals surface area contributed by atoms with Crippen LogP contribution in [0, 0.1) is 13.8 Å². The zero-order valence-electron chi connectivity index (χ0n) is 11.8. The van der Waals surface area contributed by atoms with Crippen LogP contribution >= 0.6 is 23.1 Å². The molecule has 2 heterocycles. The predicted octanol–water partition coefficient (Wildman–Crippen LogP) is 3.87. The van der Waals surface area contributed by atoms with Crippen LogP contribution in [-0.2, 0) is 0 Å². The fourth-order valence-electron chi connectivity index (χ4n) is 1.58. The molecule has 0 fully saturated rings. The maximum absolute atomic E-state index is 4.66. The van der Waals surface area contributed by atoms with E-state index in [4.69, 9.17) is 0 Å². The van der Waals surface area contributed by atoms with Crippen molar-refractivity contribution >= 4 is 28.9 Å². The average Bonchev–Trinajstić information content (AvgIpc) is 2.77. The van der Waals surface area contributed by atoms with Gasteiger partial charge in [-0.15, -0.1) is 11.3 Å². The SMILES string of the molecule is CNc1nc(C(C)C)nc(Sc2nc(C)cs2)c1C. The van der Waals surface area contributed by atoms with Gasteiger partial charge in [0.2, 0.25) is 0 Å². The molecule has 4 nitrogen and oxygen atoms in total. The number of anilines is 1. The summed E-state index contributed by atoms with van der Waals surface area (Å²) in [6, 6.07) is 0. The topological polar surface area (TPSA) is 50.7 Å². The van der Waals surface area contributed by atoms with E-state index < -0.39 is 0 Å². The largest absolute Gasteiger partial charge is 0.373 e. The summed E-state index contributed by atoms with van der Waals surface area (Å²) in [6.45, 7) is 8.25. The Hall–Kier alpha value is -1.14. The maximum Gasteiger partial charge on any atom is 0.156 e. The summed E-state index contributed by atoms with van der Waals surface area (Å²) in [6.07, 6.45) is 0. The Kier molecular flexibility index (Phi) is 4.42. The Balaban J connectivity index is 2.40. The smallest absolute Gasteiger partial charge is 0.156 e. The highest BCUT2D eigenvalue weighted by Crippen LogP contribution is 2.33. The van der Waals surface area contributed by atoms with Crippen LogP contribution in [0.4, 0.5) is 5.82 Å². The number of hydrogen-bond donors (Lipinski definition) is 1. The normalized spacial score (nSPS) is 11.1. The summed E-state index contributed by atoms with van der Waals surface area (Å²) in [4.78, 5) is 13.7. The molecular weight excluding hydrogens is 276 g/mol. The molecular formula is C13H18N4S2. The van der Waals surface area contributed by atoms with Gasteiger partial charge in [0.1, 0.15) is 16.7 Å². The molecule has 0 aromatic carbocycles. The first-order valence-corrected chi connectivity index (χ1v) is 7.87. The van der Waals surface area contributed by atoms with Gasteiger partial charge in [-0.2, -0.15) is 0 Å². The highest BCUT2D eigenvalue weighted by molar-refractivity contribution is 8.01. The number of rotatable bonds is 4. The molecule has 0 saturated heterocycles. The van der Waals surface area contributed by atoms with Gasteiger partial charge in [0.25, 0.3) is 0 Å². The Morgan fingerprint density at radius 2 is 1.95 bits per heavy atom. The molecule has 2 aromatic heterocycles. The van der Waals surface area contributed by atoms with Gasteiger partial charge in [-0.1, -0.05) is 13.8 Å². The van der Waals surface area contributed by atoms with Crippen molar-refractivity contribution in [3.05, 3.63) is 22.5 Å². The maximum atomic E-state index is 4.66. The van der Waals surface area contributed by atoms with Crippen LogP contribution < -0.4 is 5.32 Å². The zero-order valence-corrected chi connectivity index (χ0v) is 13.4. The fraction of sp³-hybridized carbons (Fsp3) is 0.462. The van der Waals surface area contributed by atoms with Crippen molar-refractivity contribution in [1.29, 1.82) is 0 Å². The molecule has 0 aliphatic carbocycles. The van der Waals surface area contributed by atoms with E-state index >= 15 is 0 Å². The van der Waals surface area contributed by atoms with Crippen LogP contribution in [0.25, 0.3) is 0 Å². The van der Waals surface area contributed by atoms with Crippen LogP contribution in [0.15, 0.2) is 14.7 Å². The van der Waals surface area contributed by atoms with E-state index in [9.17, 15) is 0 Å². The van der Waals surface area contributed by atoms with E-state index in [1.807, 2.05) is 20.9 Å². The van der Waals surface area contributed by atoms with Crippen molar-refractivity contribution in [2.24, 2.45) is 0 Å². The lowest BCUT2D eigenvalue weighted by molar-refractivity contribution is 0.749. The van der Waals surface area contributed by atoms with Gasteiger partial charge in [-0.3, -0.25) is 0 Å². The molecule has 0 bridgehead atoms. The molecule has 0 amide bonds. The van der Waals surface area contributed by atoms with Crippen molar-refractivity contribution in [2.75, 3.05) is 12.4 Å². The number of nitrogens with one attached hydrogen (secondary N) is 1. The van der Waals surface area contributed by atoms with Crippen LogP contribution in [0.1, 0.15) is 36.8 Å². The Bertz CT molecular complexity index is 578. The Morgan fingerprint density at radius 3 is 2.47 bits per heavy atom. The van der Waals surface area contributed by atoms with Gasteiger partial charge in [0.15, 0.2) is 4.34 Å². The highest BCUT2D eigenvalue weighted by Gasteiger charge is 2.14. The third kappa shape index (κ3) is 3.25. The monoisotopic (exact) mass is 294 g/mol. The fourth-order valence-corrected chi connectivity index (χ4v) is 3.41. The molecule has 0 unspecified atom stereocenters. The highest BCUT2D eigenvalue weighted by atomic mass is 32.2. The molecule has 2 rings (SSSR count). The predicted molar refractivity (Wildman–Crippen MR) is 81.4 cm³/mol. The number of thiazole rings is 1. The average molecular weight is 294 g/mol. The summed E-state index contributed by atoms with van der Waals surface area (Å²) in [5.41, 5.74) is 2.13. The second kappa shape index (κ2) is 5.88. The lowest BCUT2D eigenvalue weighted by atomic mass is 10.2. The third-order valence-electron chi connectivity index (χ3n) is 2.65. The summed E-state index contributed by atoms with van der Waals surface area (Å²) in [5, 5.41) is 6.18. The summed E-state index contributed by atoms with van der Waals surface area (Å²) in [7, 11) is 1.89. The van der Waals surface area contributed by atoms with Crippen LogP contribution in [-0.4, -0.2) is 22.0 Å². The Morgan fingerprint density at radius 1 is 1.21 bits per heavy atom. The van der Waals surface area contributed by atoms with E-state index in [1.165, 1.54) is 0 Å². The van der Waals surface area contributed by atoms with Gasteiger partial charge in [-0.25, -0.2) is 15.0 Å². The minimum atomic E-state index is 0.310. The number of aromatic nitrogens is 3. The molecule has 102 valence electrons. The minimum absolute atomic E-state index is 0.310. The molecule has 19 heavy (non-hydrogen) atoms. The van der Waals surface area contributed by atoms with E-state index in [2.05, 4.69) is 39.5 Å². The summed E-state index contributed by atoms with van der Waals surface area (Å²) < 4.78 is 1.02. The van der Waals surface area contributed by atoms with Gasteiger partial charge in [-0.05, 0) is 25.6 Å². The second-order valence-electron chi connectivity index (χ2n) is 4.62. The van der Waals surface area contributed by atoms with Crippen molar-refractivity contribution < 1.29 is 0 Å². The van der Waals surface area contributed by atoms with Gasteiger partial charge < -0.3 is 5.32 Å². The molecule has 0 saturated carbocycles. The van der Waals surface area contributed by atoms with Gasteiger partial charge in [0, 0.05) is 29.6 Å². The Labute approximate surface area is 122 Å². The van der Waals surface area contributed by atoms with Crippen molar-refractivity contribution in [2.45, 2.75) is 43.0 Å². The van der Waals surface area contributed by atoms with Crippen molar-refractivity contribution in [3.63, 3.8) is 0 Å². The number of aryl methyl sites for hydroxylation is 1. The van der Waals surface area contributed by atoms with Crippen LogP contribution in [0.3, 0.4) is 0 Å². The lowest BCUT2D eigenvalue weighted by Crippen LogP contribution is -2.06. The first-order chi connectivity index (χ1) is 9.01. The molecule has 0 radical (unpaired) electrons. The number of hydrogen-bond acceptors (Lipinski definition) is 6. The molecule has 6 heteroatoms. The molecule has 1 N–H and O–H groups in total. The van der Waals surface area contributed by atoms with Crippen molar-refractivity contribution in [1.82, 2.24) is 15.0 Å². The van der Waals surface area contributed by atoms with Gasteiger partial charge >= 0.3 is 0 Å². The van der Waals surface area contributed by atoms with Crippen molar-refractivity contribution in [3.8, 4) is 0 Å². The van der Waals surface area contributed by atoms with Crippen LogP contribution in [0.2, 0.25) is 0 Å². The third-order valence-corrected chi connectivity index (χ3v) is 4.80. The summed E-state index contributed by atoms with van der Waals surface area (Å²) in [5.74, 6) is 2.07. The van der Waals surface area contributed by atoms with E-state index in [0.29, 0.717) is 5.92 Å². The van der Waals surface area contributed by atoms with Gasteiger partial charge in [0.05, 0.1) is 0 Å². The van der Waals surface area contributed by atoms with Crippen LogP contribution in [0.5, 0.6) is 0 Å². The number of nitrogens with zero attached hydrogens (tertiary/aromatic N) is 3. The first kappa shape index (κ1) is 14.3. The molecule has 0 atom stereocenters. The quantitative estimate of drug-likeness (QED) is 0.868. The molecule has 0 spiro atoms. The van der Waals surface area contributed by atoms with E-state index in [1.54, 1.807) is 23.1 Å². The lowest BCUT2D eigenvalue weighted by Gasteiger charge is -2.12. The van der Waals surface area contributed by atoms with E-state index in [0.717, 1.165) is 32.3 Å². The summed E-state index contributed by atoms with van der Waals surface area (Å²) >= 11 is 3.26.